The van der Waals surface area contributed by atoms with Gasteiger partial charge in [0.15, 0.2) is 0 Å². The third-order valence-corrected chi connectivity index (χ3v) is 6.41. The molecule has 1 aromatic heterocycles. The SMILES string of the molecule is CC1CN(Cc2ccccc2)CC(C)C1N(C)C(=O)c1c[nH]c2c(F)cc(F)cc2c1=O. The van der Waals surface area contributed by atoms with Gasteiger partial charge in [0, 0.05) is 45.0 Å². The fraction of sp³-hybridized carbons (Fsp3) is 0.360. The lowest BCUT2D eigenvalue weighted by Gasteiger charge is -2.45. The molecule has 0 saturated carbocycles. The number of rotatable bonds is 4. The van der Waals surface area contributed by atoms with Crippen molar-refractivity contribution < 1.29 is 13.6 Å². The average molecular weight is 440 g/mol. The lowest BCUT2D eigenvalue weighted by Crippen LogP contribution is -2.55. The monoisotopic (exact) mass is 439 g/mol. The topological polar surface area (TPSA) is 56.4 Å². The third-order valence-electron chi connectivity index (χ3n) is 6.41. The quantitative estimate of drug-likeness (QED) is 0.668. The molecule has 2 atom stereocenters. The summed E-state index contributed by atoms with van der Waals surface area (Å²) in [4.78, 5) is 32.8. The molecule has 3 aromatic rings. The van der Waals surface area contributed by atoms with Gasteiger partial charge in [0.2, 0.25) is 5.43 Å². The van der Waals surface area contributed by atoms with Crippen molar-refractivity contribution in [2.24, 2.45) is 11.8 Å². The molecular formula is C25H27F2N3O2. The summed E-state index contributed by atoms with van der Waals surface area (Å²) in [5, 5.41) is -0.166. The predicted octanol–water partition coefficient (Wildman–Crippen LogP) is 4.03. The largest absolute Gasteiger partial charge is 0.358 e. The Labute approximate surface area is 185 Å². The smallest absolute Gasteiger partial charge is 0.259 e. The van der Waals surface area contributed by atoms with Gasteiger partial charge in [0.1, 0.15) is 17.2 Å². The van der Waals surface area contributed by atoms with Crippen LogP contribution in [0.2, 0.25) is 0 Å². The van der Waals surface area contributed by atoms with Crippen molar-refractivity contribution in [3.05, 3.63) is 81.6 Å². The Morgan fingerprint density at radius 2 is 1.78 bits per heavy atom. The molecule has 2 unspecified atom stereocenters. The highest BCUT2D eigenvalue weighted by molar-refractivity contribution is 5.97. The number of fused-ring (bicyclic) bond motifs is 1. The van der Waals surface area contributed by atoms with E-state index in [-0.39, 0.29) is 34.3 Å². The van der Waals surface area contributed by atoms with Crippen molar-refractivity contribution in [1.29, 1.82) is 0 Å². The fourth-order valence-electron chi connectivity index (χ4n) is 5.14. The first kappa shape index (κ1) is 22.1. The molecule has 1 fully saturated rings. The Hall–Kier alpha value is -3.06. The molecule has 1 amide bonds. The molecule has 2 heterocycles. The van der Waals surface area contributed by atoms with Gasteiger partial charge in [0.25, 0.3) is 5.91 Å². The van der Waals surface area contributed by atoms with E-state index < -0.39 is 23.0 Å². The van der Waals surface area contributed by atoms with Crippen molar-refractivity contribution in [2.45, 2.75) is 26.4 Å². The molecule has 1 aliphatic rings. The van der Waals surface area contributed by atoms with Gasteiger partial charge in [-0.25, -0.2) is 8.78 Å². The Kier molecular flexibility index (Phi) is 6.11. The minimum Gasteiger partial charge on any atom is -0.358 e. The Morgan fingerprint density at radius 1 is 1.12 bits per heavy atom. The number of aromatic amines is 1. The number of benzene rings is 2. The van der Waals surface area contributed by atoms with Gasteiger partial charge in [-0.2, -0.15) is 0 Å². The molecule has 1 aliphatic heterocycles. The lowest BCUT2D eigenvalue weighted by atomic mass is 9.84. The number of likely N-dealkylation sites (tertiary alicyclic amines) is 1. The number of aromatic nitrogens is 1. The Morgan fingerprint density at radius 3 is 2.44 bits per heavy atom. The van der Waals surface area contributed by atoms with Gasteiger partial charge in [-0.15, -0.1) is 0 Å². The van der Waals surface area contributed by atoms with Crippen LogP contribution in [-0.4, -0.2) is 46.9 Å². The molecule has 0 bridgehead atoms. The number of nitrogens with one attached hydrogen (secondary N) is 1. The van der Waals surface area contributed by atoms with Crippen molar-refractivity contribution in [2.75, 3.05) is 20.1 Å². The van der Waals surface area contributed by atoms with Crippen LogP contribution in [0.4, 0.5) is 8.78 Å². The minimum atomic E-state index is -0.863. The number of hydrogen-bond acceptors (Lipinski definition) is 3. The first-order chi connectivity index (χ1) is 15.3. The van der Waals surface area contributed by atoms with Crippen LogP contribution < -0.4 is 5.43 Å². The molecule has 0 radical (unpaired) electrons. The van der Waals surface area contributed by atoms with Crippen LogP contribution in [0.3, 0.4) is 0 Å². The second-order valence-electron chi connectivity index (χ2n) is 8.88. The normalized spacial score (nSPS) is 21.6. The summed E-state index contributed by atoms with van der Waals surface area (Å²) in [6.45, 7) is 6.72. The zero-order valence-corrected chi connectivity index (χ0v) is 18.4. The second kappa shape index (κ2) is 8.82. The first-order valence-corrected chi connectivity index (χ1v) is 10.8. The van der Waals surface area contributed by atoms with Gasteiger partial charge >= 0.3 is 0 Å². The summed E-state index contributed by atoms with van der Waals surface area (Å²) in [5.41, 5.74) is 0.357. The fourth-order valence-corrected chi connectivity index (χ4v) is 5.14. The van der Waals surface area contributed by atoms with E-state index in [1.54, 1.807) is 11.9 Å². The highest BCUT2D eigenvalue weighted by Crippen LogP contribution is 2.28. The summed E-state index contributed by atoms with van der Waals surface area (Å²) < 4.78 is 27.7. The number of hydrogen-bond donors (Lipinski definition) is 1. The molecule has 0 aliphatic carbocycles. The number of H-pyrrole nitrogens is 1. The molecule has 1 saturated heterocycles. The average Bonchev–Trinajstić information content (AvgIpc) is 2.74. The van der Waals surface area contributed by atoms with Crippen molar-refractivity contribution >= 4 is 16.8 Å². The maximum Gasteiger partial charge on any atom is 0.259 e. The zero-order valence-electron chi connectivity index (χ0n) is 18.4. The van der Waals surface area contributed by atoms with E-state index in [4.69, 9.17) is 0 Å². The van der Waals surface area contributed by atoms with Crippen LogP contribution in [0.25, 0.3) is 10.9 Å². The molecule has 7 heteroatoms. The van der Waals surface area contributed by atoms with Crippen LogP contribution in [0.5, 0.6) is 0 Å². The summed E-state index contributed by atoms with van der Waals surface area (Å²) in [6.07, 6.45) is 1.23. The predicted molar refractivity (Wildman–Crippen MR) is 120 cm³/mol. The van der Waals surface area contributed by atoms with Crippen LogP contribution in [0.1, 0.15) is 29.8 Å². The number of carbonyl (C=O) groups is 1. The number of pyridine rings is 1. The van der Waals surface area contributed by atoms with E-state index in [1.807, 2.05) is 18.2 Å². The maximum absolute atomic E-state index is 14.0. The third kappa shape index (κ3) is 4.17. The summed E-state index contributed by atoms with van der Waals surface area (Å²) in [6, 6.07) is 11.9. The molecule has 1 N–H and O–H groups in total. The summed E-state index contributed by atoms with van der Waals surface area (Å²) in [7, 11) is 1.70. The van der Waals surface area contributed by atoms with E-state index in [9.17, 15) is 18.4 Å². The molecule has 2 aromatic carbocycles. The zero-order chi connectivity index (χ0) is 23.0. The Bertz CT molecular complexity index is 1180. The maximum atomic E-state index is 14.0. The number of nitrogens with zero attached hydrogens (tertiary/aromatic N) is 2. The standard InChI is InChI=1S/C25H27F2N3O2/c1-15-12-30(14-17-7-5-4-6-8-17)13-16(2)23(15)29(3)25(32)20-11-28-22-19(24(20)31)9-18(26)10-21(22)27/h4-11,15-16,23H,12-14H2,1-3H3,(H,28,31). The van der Waals surface area contributed by atoms with Crippen molar-refractivity contribution in [3.63, 3.8) is 0 Å². The van der Waals surface area contributed by atoms with Crippen LogP contribution in [-0.2, 0) is 6.54 Å². The Balaban J connectivity index is 1.55. The molecule has 168 valence electrons. The van der Waals surface area contributed by atoms with E-state index in [0.717, 1.165) is 25.7 Å². The highest BCUT2D eigenvalue weighted by atomic mass is 19.1. The van der Waals surface area contributed by atoms with Crippen LogP contribution in [0.15, 0.2) is 53.5 Å². The molecule has 5 nitrogen and oxygen atoms in total. The molecule has 32 heavy (non-hydrogen) atoms. The van der Waals surface area contributed by atoms with Gasteiger partial charge < -0.3 is 9.88 Å². The summed E-state index contributed by atoms with van der Waals surface area (Å²) in [5.74, 6) is -1.79. The second-order valence-corrected chi connectivity index (χ2v) is 8.88. The van der Waals surface area contributed by atoms with Gasteiger partial charge in [0.05, 0.1) is 10.9 Å². The number of halogens is 2. The molecule has 0 spiro atoms. The van der Waals surface area contributed by atoms with Gasteiger partial charge in [-0.05, 0) is 23.5 Å². The highest BCUT2D eigenvalue weighted by Gasteiger charge is 2.37. The first-order valence-electron chi connectivity index (χ1n) is 10.8. The molecule has 4 rings (SSSR count). The summed E-state index contributed by atoms with van der Waals surface area (Å²) >= 11 is 0. The molecular weight excluding hydrogens is 412 g/mol. The number of carbonyl (C=O) groups excluding carboxylic acids is 1. The van der Waals surface area contributed by atoms with Crippen LogP contribution in [0, 0.1) is 23.5 Å². The van der Waals surface area contributed by atoms with Crippen molar-refractivity contribution in [3.8, 4) is 0 Å². The number of piperidine rings is 1. The van der Waals surface area contributed by atoms with Crippen molar-refractivity contribution in [1.82, 2.24) is 14.8 Å². The van der Waals surface area contributed by atoms with Gasteiger partial charge in [-0.3, -0.25) is 14.5 Å². The van der Waals surface area contributed by atoms with Gasteiger partial charge in [-0.1, -0.05) is 44.2 Å². The van der Waals surface area contributed by atoms with Crippen LogP contribution >= 0.6 is 0 Å². The van der Waals surface area contributed by atoms with E-state index in [0.29, 0.717) is 6.07 Å². The minimum absolute atomic E-state index is 0.0612. The number of amides is 1. The lowest BCUT2D eigenvalue weighted by molar-refractivity contribution is 0.0270. The van der Waals surface area contributed by atoms with E-state index in [2.05, 4.69) is 35.9 Å². The van der Waals surface area contributed by atoms with E-state index >= 15 is 0 Å². The van der Waals surface area contributed by atoms with E-state index in [1.165, 1.54) is 11.8 Å².